The van der Waals surface area contributed by atoms with E-state index >= 15 is 0 Å². The van der Waals surface area contributed by atoms with Gasteiger partial charge < -0.3 is 15.4 Å². The first-order chi connectivity index (χ1) is 22.2. The number of rotatable bonds is 9. The fourth-order valence-electron chi connectivity index (χ4n) is 6.04. The van der Waals surface area contributed by atoms with Gasteiger partial charge in [-0.15, -0.1) is 0 Å². The molecule has 1 fully saturated rings. The summed E-state index contributed by atoms with van der Waals surface area (Å²) < 4.78 is 40.2. The van der Waals surface area contributed by atoms with E-state index < -0.39 is 22.1 Å². The van der Waals surface area contributed by atoms with E-state index in [-0.39, 0.29) is 12.5 Å². The number of aliphatic hydroxyl groups is 1. The number of aromatic nitrogens is 7. The minimum Gasteiger partial charge on any atom is -0.374 e. The number of aromatic amines is 2. The standard InChI is InChI=1S/C32H32FN9O3S/c1-46(44,45)37-14-18-9-20(11-23(33)10-18)25-7-8-35-30-27(25)39-31(40-30)28-26-13-22(16-36-29(26)42-41-28)21-12-24(17-34-15-21)38-32(43)19-5-3-2-4-6-19/h7-13,15-17,19,32,37-38,43H,2-6,14H2,1H3,(H,35,39,40)(H,36,41,42). The van der Waals surface area contributed by atoms with Gasteiger partial charge in [0.25, 0.3) is 0 Å². The van der Waals surface area contributed by atoms with Gasteiger partial charge in [-0.05, 0) is 60.4 Å². The summed E-state index contributed by atoms with van der Waals surface area (Å²) >= 11 is 0. The van der Waals surface area contributed by atoms with Crippen LogP contribution in [0.4, 0.5) is 10.1 Å². The third kappa shape index (κ3) is 6.32. The van der Waals surface area contributed by atoms with Crippen LogP contribution in [0.3, 0.4) is 0 Å². The Morgan fingerprint density at radius 3 is 2.65 bits per heavy atom. The van der Waals surface area contributed by atoms with Crippen molar-refractivity contribution in [3.63, 3.8) is 0 Å². The maximum atomic E-state index is 14.6. The maximum absolute atomic E-state index is 14.6. The average Bonchev–Trinajstić information content (AvgIpc) is 3.68. The molecule has 1 unspecified atom stereocenters. The maximum Gasteiger partial charge on any atom is 0.209 e. The summed E-state index contributed by atoms with van der Waals surface area (Å²) in [5, 5.41) is 22.2. The van der Waals surface area contributed by atoms with Crippen LogP contribution in [0.1, 0.15) is 37.7 Å². The fraction of sp³-hybridized carbons (Fsp3) is 0.281. The first kappa shape index (κ1) is 29.9. The SMILES string of the molecule is CS(=O)(=O)NCc1cc(F)cc(-c2ccnc3[nH]c(-c4n[nH]c5ncc(-c6cncc(NC(O)C7CCCCC7)c6)cc45)nc23)c1. The number of halogens is 1. The lowest BCUT2D eigenvalue weighted by molar-refractivity contribution is 0.109. The van der Waals surface area contributed by atoms with Gasteiger partial charge >= 0.3 is 0 Å². The van der Waals surface area contributed by atoms with E-state index in [2.05, 4.69) is 40.2 Å². The van der Waals surface area contributed by atoms with Crippen LogP contribution in [0.25, 0.3) is 56.0 Å². The third-order valence-corrected chi connectivity index (χ3v) is 8.98. The molecule has 5 heterocycles. The molecule has 1 saturated carbocycles. The van der Waals surface area contributed by atoms with Crippen molar-refractivity contribution in [1.82, 2.24) is 39.8 Å². The molecule has 12 nitrogen and oxygen atoms in total. The molecule has 0 bridgehead atoms. The van der Waals surface area contributed by atoms with E-state index in [9.17, 15) is 17.9 Å². The van der Waals surface area contributed by atoms with Gasteiger partial charge in [-0.25, -0.2) is 32.5 Å². The molecule has 1 aromatic carbocycles. The van der Waals surface area contributed by atoms with Gasteiger partial charge in [-0.2, -0.15) is 5.10 Å². The number of hydrogen-bond donors (Lipinski definition) is 5. The Labute approximate surface area is 264 Å². The number of benzene rings is 1. The zero-order chi connectivity index (χ0) is 31.8. The van der Waals surface area contributed by atoms with Crippen molar-refractivity contribution >= 4 is 37.9 Å². The van der Waals surface area contributed by atoms with Gasteiger partial charge in [0.05, 0.1) is 23.5 Å². The molecular formula is C32H32FN9O3S. The van der Waals surface area contributed by atoms with Gasteiger partial charge in [-0.3, -0.25) is 10.1 Å². The third-order valence-electron chi connectivity index (χ3n) is 8.31. The molecule has 0 amide bonds. The second kappa shape index (κ2) is 12.2. The van der Waals surface area contributed by atoms with Crippen LogP contribution in [0.15, 0.2) is 61.2 Å². The van der Waals surface area contributed by atoms with E-state index in [1.54, 1.807) is 36.9 Å². The van der Waals surface area contributed by atoms with E-state index in [1.807, 2.05) is 12.1 Å². The zero-order valence-corrected chi connectivity index (χ0v) is 25.8. The molecule has 5 N–H and O–H groups in total. The van der Waals surface area contributed by atoms with Gasteiger partial charge in [0, 0.05) is 47.7 Å². The molecule has 46 heavy (non-hydrogen) atoms. The Morgan fingerprint density at radius 2 is 1.83 bits per heavy atom. The van der Waals surface area contributed by atoms with Crippen molar-refractivity contribution in [2.45, 2.75) is 44.9 Å². The minimum atomic E-state index is -3.45. The molecule has 5 aromatic heterocycles. The highest BCUT2D eigenvalue weighted by Crippen LogP contribution is 2.33. The van der Waals surface area contributed by atoms with Crippen molar-refractivity contribution in [3.8, 4) is 33.8 Å². The molecule has 1 atom stereocenters. The summed E-state index contributed by atoms with van der Waals surface area (Å²) in [6.45, 7) is -0.0478. The quantitative estimate of drug-likeness (QED) is 0.134. The zero-order valence-electron chi connectivity index (χ0n) is 25.0. The van der Waals surface area contributed by atoms with E-state index in [0.717, 1.165) is 54.1 Å². The van der Waals surface area contributed by atoms with E-state index in [1.165, 1.54) is 18.6 Å². The van der Waals surface area contributed by atoms with Gasteiger partial charge in [0.2, 0.25) is 10.0 Å². The Kier molecular flexibility index (Phi) is 7.92. The number of sulfonamides is 1. The first-order valence-electron chi connectivity index (χ1n) is 15.0. The Hall–Kier alpha value is -4.79. The molecule has 14 heteroatoms. The Balaban J connectivity index is 1.20. The van der Waals surface area contributed by atoms with E-state index in [0.29, 0.717) is 45.0 Å². The summed E-state index contributed by atoms with van der Waals surface area (Å²) in [7, 11) is -3.45. The van der Waals surface area contributed by atoms with Gasteiger partial charge in [-0.1, -0.05) is 19.3 Å². The molecule has 0 aliphatic heterocycles. The van der Waals surface area contributed by atoms with Crippen molar-refractivity contribution in [3.05, 3.63) is 72.6 Å². The molecule has 0 radical (unpaired) electrons. The number of anilines is 1. The van der Waals surface area contributed by atoms with Crippen molar-refractivity contribution in [2.75, 3.05) is 11.6 Å². The first-order valence-corrected chi connectivity index (χ1v) is 16.9. The monoisotopic (exact) mass is 641 g/mol. The van der Waals surface area contributed by atoms with Crippen molar-refractivity contribution < 1.29 is 17.9 Å². The molecule has 236 valence electrons. The Bertz CT molecular complexity index is 2160. The molecule has 0 saturated heterocycles. The summed E-state index contributed by atoms with van der Waals surface area (Å²) in [5.41, 5.74) is 6.06. The van der Waals surface area contributed by atoms with Crippen LogP contribution in [-0.4, -0.2) is 61.1 Å². The second-order valence-corrected chi connectivity index (χ2v) is 13.6. The summed E-state index contributed by atoms with van der Waals surface area (Å²) in [6.07, 6.45) is 12.7. The van der Waals surface area contributed by atoms with Crippen molar-refractivity contribution in [1.29, 1.82) is 0 Å². The smallest absolute Gasteiger partial charge is 0.209 e. The molecule has 1 aliphatic rings. The molecule has 0 spiro atoms. The van der Waals surface area contributed by atoms with Crippen LogP contribution in [0, 0.1) is 11.7 Å². The number of nitrogens with zero attached hydrogens (tertiary/aromatic N) is 5. The number of fused-ring (bicyclic) bond motifs is 2. The number of H-pyrrole nitrogens is 2. The van der Waals surface area contributed by atoms with E-state index in [4.69, 9.17) is 4.98 Å². The lowest BCUT2D eigenvalue weighted by Crippen LogP contribution is -2.30. The summed E-state index contributed by atoms with van der Waals surface area (Å²) in [6, 6.07) is 10.0. The second-order valence-electron chi connectivity index (χ2n) is 11.7. The average molecular weight is 642 g/mol. The van der Waals surface area contributed by atoms with Crippen LogP contribution >= 0.6 is 0 Å². The highest BCUT2D eigenvalue weighted by Gasteiger charge is 2.22. The number of imidazole rings is 1. The number of hydrogen-bond acceptors (Lipinski definition) is 9. The number of aliphatic hydroxyl groups excluding tert-OH is 1. The lowest BCUT2D eigenvalue weighted by Gasteiger charge is -2.27. The Morgan fingerprint density at radius 1 is 1.00 bits per heavy atom. The normalized spacial score (nSPS) is 15.0. The lowest BCUT2D eigenvalue weighted by atomic mass is 9.88. The van der Waals surface area contributed by atoms with Crippen LogP contribution in [0.5, 0.6) is 0 Å². The molecule has 7 rings (SSSR count). The topological polar surface area (TPSA) is 174 Å². The highest BCUT2D eigenvalue weighted by molar-refractivity contribution is 7.88. The summed E-state index contributed by atoms with van der Waals surface area (Å²) in [4.78, 5) is 21.4. The highest BCUT2D eigenvalue weighted by atomic mass is 32.2. The predicted octanol–water partition coefficient (Wildman–Crippen LogP) is 5.12. The minimum absolute atomic E-state index is 0.0478. The fourth-order valence-corrected chi connectivity index (χ4v) is 6.46. The van der Waals surface area contributed by atoms with Crippen LogP contribution in [0.2, 0.25) is 0 Å². The van der Waals surface area contributed by atoms with Crippen LogP contribution < -0.4 is 10.0 Å². The van der Waals surface area contributed by atoms with Gasteiger partial charge in [0.1, 0.15) is 23.3 Å². The van der Waals surface area contributed by atoms with Gasteiger partial charge in [0.15, 0.2) is 17.1 Å². The largest absolute Gasteiger partial charge is 0.374 e. The predicted molar refractivity (Wildman–Crippen MR) is 173 cm³/mol. The summed E-state index contributed by atoms with van der Waals surface area (Å²) in [5.74, 6) is 0.167. The number of nitrogens with one attached hydrogen (secondary N) is 4. The molecule has 1 aliphatic carbocycles. The molecule has 6 aromatic rings. The molecular weight excluding hydrogens is 609 g/mol. The number of pyridine rings is 3. The van der Waals surface area contributed by atoms with Crippen molar-refractivity contribution in [2.24, 2.45) is 5.92 Å². The van der Waals surface area contributed by atoms with Crippen LogP contribution in [-0.2, 0) is 16.6 Å².